The van der Waals surface area contributed by atoms with Crippen LogP contribution in [-0.2, 0) is 19.0 Å². The standard InChI is InChI=1S/C10H17NO5.C5H11NO2.ClH/c1-10(2,3)16-9(14)11-4-5-15-7(6-11)8(12)13;7-4-5-3-6-1-2-8-5;/h7H,4-6H2,1-3H3,(H,12,13);5-7H,1-4H2;1H. The molecule has 2 aliphatic heterocycles. The third-order valence-corrected chi connectivity index (χ3v) is 3.20. The number of rotatable bonds is 2. The number of nitrogens with one attached hydrogen (secondary N) is 1. The van der Waals surface area contributed by atoms with E-state index in [0.29, 0.717) is 6.54 Å². The summed E-state index contributed by atoms with van der Waals surface area (Å²) < 4.78 is 15.3. The highest BCUT2D eigenvalue weighted by atomic mass is 35.5. The molecule has 25 heavy (non-hydrogen) atoms. The van der Waals surface area contributed by atoms with Gasteiger partial charge in [0.15, 0.2) is 6.10 Å². The van der Waals surface area contributed by atoms with Crippen LogP contribution in [0, 0.1) is 0 Å². The quantitative estimate of drug-likeness (QED) is 0.613. The van der Waals surface area contributed by atoms with Gasteiger partial charge < -0.3 is 34.6 Å². The summed E-state index contributed by atoms with van der Waals surface area (Å²) in [4.78, 5) is 23.7. The van der Waals surface area contributed by atoms with E-state index in [4.69, 9.17) is 24.4 Å². The molecule has 10 heteroatoms. The summed E-state index contributed by atoms with van der Waals surface area (Å²) in [5.74, 6) is -1.06. The Kier molecular flexibility index (Phi) is 11.0. The summed E-state index contributed by atoms with van der Waals surface area (Å²) in [7, 11) is 0. The van der Waals surface area contributed by atoms with Crippen LogP contribution in [0.15, 0.2) is 0 Å². The van der Waals surface area contributed by atoms with E-state index in [-0.39, 0.29) is 38.3 Å². The van der Waals surface area contributed by atoms with Crippen LogP contribution in [0.5, 0.6) is 0 Å². The van der Waals surface area contributed by atoms with Gasteiger partial charge in [-0.3, -0.25) is 0 Å². The third kappa shape index (κ3) is 9.81. The van der Waals surface area contributed by atoms with Gasteiger partial charge in [0.25, 0.3) is 0 Å². The van der Waals surface area contributed by atoms with E-state index in [1.54, 1.807) is 20.8 Å². The van der Waals surface area contributed by atoms with Crippen molar-refractivity contribution in [3.05, 3.63) is 0 Å². The van der Waals surface area contributed by atoms with Crippen molar-refractivity contribution in [2.45, 2.75) is 38.6 Å². The van der Waals surface area contributed by atoms with E-state index in [2.05, 4.69) is 5.32 Å². The summed E-state index contributed by atoms with van der Waals surface area (Å²) in [6, 6.07) is 0. The van der Waals surface area contributed by atoms with E-state index in [1.165, 1.54) is 4.90 Å². The Morgan fingerprint density at radius 2 is 1.96 bits per heavy atom. The minimum Gasteiger partial charge on any atom is -0.479 e. The molecule has 0 saturated carbocycles. The molecule has 3 N–H and O–H groups in total. The molecule has 0 aromatic rings. The third-order valence-electron chi connectivity index (χ3n) is 3.20. The number of morpholine rings is 2. The molecule has 0 radical (unpaired) electrons. The van der Waals surface area contributed by atoms with Gasteiger partial charge in [-0.25, -0.2) is 9.59 Å². The second-order valence-electron chi connectivity index (χ2n) is 6.50. The summed E-state index contributed by atoms with van der Waals surface area (Å²) in [5, 5.41) is 20.4. The van der Waals surface area contributed by atoms with Crippen LogP contribution in [0.1, 0.15) is 20.8 Å². The van der Waals surface area contributed by atoms with Crippen molar-refractivity contribution in [1.82, 2.24) is 10.2 Å². The zero-order valence-corrected chi connectivity index (χ0v) is 15.7. The number of amides is 1. The molecule has 2 unspecified atom stereocenters. The molecule has 0 aromatic heterocycles. The first-order valence-corrected chi connectivity index (χ1v) is 7.98. The highest BCUT2D eigenvalue weighted by molar-refractivity contribution is 5.85. The lowest BCUT2D eigenvalue weighted by Gasteiger charge is -2.32. The lowest BCUT2D eigenvalue weighted by atomic mass is 10.2. The first-order chi connectivity index (χ1) is 11.2. The fraction of sp³-hybridized carbons (Fsp3) is 0.867. The Morgan fingerprint density at radius 3 is 2.40 bits per heavy atom. The monoisotopic (exact) mass is 384 g/mol. The van der Waals surface area contributed by atoms with Gasteiger partial charge in [0.1, 0.15) is 5.60 Å². The first kappa shape index (κ1) is 23.9. The predicted octanol–water partition coefficient (Wildman–Crippen LogP) is 0.0958. The number of carboxylic acids is 1. The molecule has 2 fully saturated rings. The largest absolute Gasteiger partial charge is 0.479 e. The Labute approximate surface area is 154 Å². The zero-order chi connectivity index (χ0) is 18.2. The summed E-state index contributed by atoms with van der Waals surface area (Å²) in [5.41, 5.74) is -0.575. The first-order valence-electron chi connectivity index (χ1n) is 7.98. The Morgan fingerprint density at radius 1 is 1.28 bits per heavy atom. The molecule has 1 amide bonds. The molecule has 2 atom stereocenters. The number of halogens is 1. The van der Waals surface area contributed by atoms with Gasteiger partial charge in [0.05, 0.1) is 32.5 Å². The van der Waals surface area contributed by atoms with Crippen molar-refractivity contribution in [3.8, 4) is 0 Å². The van der Waals surface area contributed by atoms with Gasteiger partial charge >= 0.3 is 12.1 Å². The molecule has 148 valence electrons. The van der Waals surface area contributed by atoms with Crippen LogP contribution < -0.4 is 5.32 Å². The summed E-state index contributed by atoms with van der Waals surface area (Å²) >= 11 is 0. The van der Waals surface area contributed by atoms with E-state index in [0.717, 1.165) is 19.7 Å². The van der Waals surface area contributed by atoms with Gasteiger partial charge in [-0.05, 0) is 20.8 Å². The van der Waals surface area contributed by atoms with Gasteiger partial charge in [0.2, 0.25) is 0 Å². The van der Waals surface area contributed by atoms with Crippen LogP contribution in [-0.4, -0.2) is 91.0 Å². The average molecular weight is 385 g/mol. The van der Waals surface area contributed by atoms with Crippen LogP contribution in [0.2, 0.25) is 0 Å². The van der Waals surface area contributed by atoms with Crippen LogP contribution in [0.25, 0.3) is 0 Å². The minimum atomic E-state index is -1.06. The number of aliphatic carboxylic acids is 1. The molecule has 0 spiro atoms. The minimum absolute atomic E-state index is 0. The molecule has 0 bridgehead atoms. The van der Waals surface area contributed by atoms with E-state index in [1.807, 2.05) is 0 Å². The molecule has 2 aliphatic rings. The van der Waals surface area contributed by atoms with Crippen LogP contribution in [0.4, 0.5) is 4.79 Å². The highest BCUT2D eigenvalue weighted by Crippen LogP contribution is 2.13. The number of nitrogens with zero attached hydrogens (tertiary/aromatic N) is 1. The van der Waals surface area contributed by atoms with Crippen molar-refractivity contribution in [2.75, 3.05) is 46.0 Å². The smallest absolute Gasteiger partial charge is 0.410 e. The van der Waals surface area contributed by atoms with E-state index in [9.17, 15) is 9.59 Å². The second-order valence-corrected chi connectivity index (χ2v) is 6.50. The van der Waals surface area contributed by atoms with Crippen LogP contribution >= 0.6 is 12.4 Å². The zero-order valence-electron chi connectivity index (χ0n) is 14.9. The maximum Gasteiger partial charge on any atom is 0.410 e. The number of aliphatic hydroxyl groups excluding tert-OH is 1. The molecule has 9 nitrogen and oxygen atoms in total. The number of carbonyl (C=O) groups is 2. The second kappa shape index (κ2) is 11.5. The van der Waals surface area contributed by atoms with Gasteiger partial charge in [-0.1, -0.05) is 0 Å². The van der Waals surface area contributed by atoms with Crippen molar-refractivity contribution in [2.24, 2.45) is 0 Å². The number of aliphatic hydroxyl groups is 1. The fourth-order valence-electron chi connectivity index (χ4n) is 2.03. The number of carbonyl (C=O) groups excluding carboxylic acids is 1. The molecular weight excluding hydrogens is 356 g/mol. The summed E-state index contributed by atoms with van der Waals surface area (Å²) in [6.45, 7) is 8.46. The summed E-state index contributed by atoms with van der Waals surface area (Å²) in [6.07, 6.45) is -1.42. The van der Waals surface area contributed by atoms with Gasteiger partial charge in [-0.15, -0.1) is 12.4 Å². The van der Waals surface area contributed by atoms with Crippen molar-refractivity contribution >= 4 is 24.5 Å². The lowest BCUT2D eigenvalue weighted by molar-refractivity contribution is -0.155. The number of carboxylic acid groups (broad SMARTS) is 1. The van der Waals surface area contributed by atoms with Crippen molar-refractivity contribution in [1.29, 1.82) is 0 Å². The van der Waals surface area contributed by atoms with Crippen molar-refractivity contribution in [3.63, 3.8) is 0 Å². The molecular formula is C15H29ClN2O7. The predicted molar refractivity (Wildman–Crippen MR) is 92.1 cm³/mol. The highest BCUT2D eigenvalue weighted by Gasteiger charge is 2.31. The van der Waals surface area contributed by atoms with E-state index >= 15 is 0 Å². The molecule has 2 heterocycles. The number of hydrogen-bond acceptors (Lipinski definition) is 7. The molecule has 0 aromatic carbocycles. The SMILES string of the molecule is CC(C)(C)OC(=O)N1CCOC(C(=O)O)C1.Cl.OCC1CNCCO1. The Hall–Kier alpha value is -1.13. The lowest BCUT2D eigenvalue weighted by Crippen LogP contribution is -2.49. The topological polar surface area (TPSA) is 118 Å². The Balaban J connectivity index is 0.000000540. The Bertz CT molecular complexity index is 411. The van der Waals surface area contributed by atoms with Gasteiger partial charge in [-0.2, -0.15) is 0 Å². The molecule has 2 rings (SSSR count). The number of hydrogen-bond donors (Lipinski definition) is 3. The normalized spacial score (nSPS) is 23.6. The van der Waals surface area contributed by atoms with E-state index < -0.39 is 23.8 Å². The van der Waals surface area contributed by atoms with Gasteiger partial charge in [0, 0.05) is 19.6 Å². The maximum absolute atomic E-state index is 11.6. The van der Waals surface area contributed by atoms with Crippen molar-refractivity contribution < 1.29 is 34.0 Å². The number of ether oxygens (including phenoxy) is 3. The average Bonchev–Trinajstić information content (AvgIpc) is 2.55. The van der Waals surface area contributed by atoms with Crippen LogP contribution in [0.3, 0.4) is 0 Å². The molecule has 0 aliphatic carbocycles. The molecule has 2 saturated heterocycles. The fourth-order valence-corrected chi connectivity index (χ4v) is 2.03. The maximum atomic E-state index is 11.6.